The van der Waals surface area contributed by atoms with Gasteiger partial charge in [-0.15, -0.1) is 0 Å². The zero-order valence-corrected chi connectivity index (χ0v) is 15.7. The van der Waals surface area contributed by atoms with Gasteiger partial charge in [0.1, 0.15) is 0 Å². The van der Waals surface area contributed by atoms with Gasteiger partial charge in [-0.25, -0.2) is 0 Å². The number of anilines is 1. The normalized spacial score (nSPS) is 10.2. The fraction of sp³-hybridized carbons (Fsp3) is 0.263. The van der Waals surface area contributed by atoms with Crippen LogP contribution in [0.5, 0.6) is 11.5 Å². The van der Waals surface area contributed by atoms with Gasteiger partial charge in [0, 0.05) is 42.4 Å². The van der Waals surface area contributed by atoms with Crippen molar-refractivity contribution >= 4 is 29.1 Å². The van der Waals surface area contributed by atoms with E-state index in [1.54, 1.807) is 54.5 Å². The molecule has 7 heteroatoms. The van der Waals surface area contributed by atoms with Gasteiger partial charge in [-0.1, -0.05) is 11.6 Å². The third-order valence-electron chi connectivity index (χ3n) is 3.79. The van der Waals surface area contributed by atoms with Gasteiger partial charge < -0.3 is 19.7 Å². The predicted molar refractivity (Wildman–Crippen MR) is 101 cm³/mol. The number of hydrogen-bond donors (Lipinski definition) is 1. The summed E-state index contributed by atoms with van der Waals surface area (Å²) in [5.74, 6) is 0.743. The Balaban J connectivity index is 2.03. The van der Waals surface area contributed by atoms with Crippen LogP contribution in [-0.2, 0) is 4.79 Å². The number of amides is 2. The Morgan fingerprint density at radius 3 is 2.27 bits per heavy atom. The number of carbonyl (C=O) groups is 2. The topological polar surface area (TPSA) is 67.9 Å². The van der Waals surface area contributed by atoms with Crippen LogP contribution in [0.15, 0.2) is 42.5 Å². The first-order valence-electron chi connectivity index (χ1n) is 8.00. The summed E-state index contributed by atoms with van der Waals surface area (Å²) in [6.07, 6.45) is 0. The summed E-state index contributed by atoms with van der Waals surface area (Å²) in [6, 6.07) is 11.8. The lowest BCUT2D eigenvalue weighted by atomic mass is 10.2. The van der Waals surface area contributed by atoms with Crippen LogP contribution in [0.2, 0.25) is 5.02 Å². The van der Waals surface area contributed by atoms with Crippen molar-refractivity contribution < 1.29 is 19.1 Å². The van der Waals surface area contributed by atoms with E-state index in [2.05, 4.69) is 5.32 Å². The Hall–Kier alpha value is -2.73. The molecule has 2 aromatic carbocycles. The van der Waals surface area contributed by atoms with Crippen molar-refractivity contribution in [3.63, 3.8) is 0 Å². The summed E-state index contributed by atoms with van der Waals surface area (Å²) in [5.41, 5.74) is 1.17. The molecule has 0 bridgehead atoms. The molecule has 1 N–H and O–H groups in total. The quantitative estimate of drug-likeness (QED) is 0.806. The summed E-state index contributed by atoms with van der Waals surface area (Å²) >= 11 is 5.82. The number of rotatable bonds is 7. The number of methoxy groups -OCH3 is 2. The second kappa shape index (κ2) is 9.10. The lowest BCUT2D eigenvalue weighted by molar-refractivity contribution is -0.116. The summed E-state index contributed by atoms with van der Waals surface area (Å²) < 4.78 is 10.5. The molecule has 0 radical (unpaired) electrons. The first-order valence-corrected chi connectivity index (χ1v) is 8.38. The molecule has 6 nitrogen and oxygen atoms in total. The maximum Gasteiger partial charge on any atom is 0.251 e. The van der Waals surface area contributed by atoms with Gasteiger partial charge in [0.2, 0.25) is 5.91 Å². The molecular formula is C19H21ClN2O4. The highest BCUT2D eigenvalue weighted by Crippen LogP contribution is 2.31. The lowest BCUT2D eigenvalue weighted by Gasteiger charge is -2.22. The highest BCUT2D eigenvalue weighted by Gasteiger charge is 2.15. The van der Waals surface area contributed by atoms with Crippen molar-refractivity contribution in [2.24, 2.45) is 0 Å². The third-order valence-corrected chi connectivity index (χ3v) is 4.04. The van der Waals surface area contributed by atoms with Crippen LogP contribution < -0.4 is 19.7 Å². The fourth-order valence-corrected chi connectivity index (χ4v) is 2.57. The van der Waals surface area contributed by atoms with Gasteiger partial charge in [0.05, 0.1) is 14.2 Å². The second-order valence-corrected chi connectivity index (χ2v) is 5.91. The van der Waals surface area contributed by atoms with Gasteiger partial charge in [-0.3, -0.25) is 9.59 Å². The van der Waals surface area contributed by atoms with Crippen molar-refractivity contribution in [2.75, 3.05) is 32.2 Å². The molecule has 26 heavy (non-hydrogen) atoms. The van der Waals surface area contributed by atoms with E-state index >= 15 is 0 Å². The highest BCUT2D eigenvalue weighted by molar-refractivity contribution is 6.30. The molecule has 0 aliphatic carbocycles. The fourth-order valence-electron chi connectivity index (χ4n) is 2.45. The maximum absolute atomic E-state index is 12.1. The van der Waals surface area contributed by atoms with E-state index < -0.39 is 0 Å². The molecule has 0 heterocycles. The van der Waals surface area contributed by atoms with Crippen molar-refractivity contribution in [1.82, 2.24) is 5.32 Å². The van der Waals surface area contributed by atoms with Crippen molar-refractivity contribution in [3.8, 4) is 11.5 Å². The Kier molecular flexibility index (Phi) is 6.86. The molecule has 0 aliphatic rings. The summed E-state index contributed by atoms with van der Waals surface area (Å²) in [4.78, 5) is 25.7. The second-order valence-electron chi connectivity index (χ2n) is 5.47. The van der Waals surface area contributed by atoms with E-state index in [0.717, 1.165) is 0 Å². The van der Waals surface area contributed by atoms with E-state index in [0.29, 0.717) is 40.9 Å². The minimum atomic E-state index is -0.225. The van der Waals surface area contributed by atoms with Crippen molar-refractivity contribution in [2.45, 2.75) is 6.92 Å². The summed E-state index contributed by atoms with van der Waals surface area (Å²) in [5, 5.41) is 3.36. The summed E-state index contributed by atoms with van der Waals surface area (Å²) in [7, 11) is 3.08. The minimum absolute atomic E-state index is 0.141. The minimum Gasteiger partial charge on any atom is -0.493 e. The Morgan fingerprint density at radius 1 is 1.04 bits per heavy atom. The van der Waals surface area contributed by atoms with E-state index in [-0.39, 0.29) is 11.8 Å². The smallest absolute Gasteiger partial charge is 0.251 e. The van der Waals surface area contributed by atoms with E-state index in [9.17, 15) is 9.59 Å². The zero-order valence-electron chi connectivity index (χ0n) is 14.9. The predicted octanol–water partition coefficient (Wildman–Crippen LogP) is 3.14. The molecular weight excluding hydrogens is 356 g/mol. The van der Waals surface area contributed by atoms with E-state index in [1.165, 1.54) is 14.0 Å². The lowest BCUT2D eigenvalue weighted by Crippen LogP contribution is -2.37. The van der Waals surface area contributed by atoms with Crippen LogP contribution in [0.25, 0.3) is 0 Å². The monoisotopic (exact) mass is 376 g/mol. The van der Waals surface area contributed by atoms with Gasteiger partial charge >= 0.3 is 0 Å². The molecule has 0 aliphatic heterocycles. The maximum atomic E-state index is 12.1. The molecule has 138 valence electrons. The van der Waals surface area contributed by atoms with E-state index in [1.807, 2.05) is 0 Å². The number of benzene rings is 2. The van der Waals surface area contributed by atoms with Gasteiger partial charge in [-0.05, 0) is 36.4 Å². The van der Waals surface area contributed by atoms with Crippen LogP contribution >= 0.6 is 11.6 Å². The van der Waals surface area contributed by atoms with E-state index in [4.69, 9.17) is 21.1 Å². The number of ether oxygens (including phenoxy) is 2. The number of nitrogens with one attached hydrogen (secondary N) is 1. The molecule has 0 spiro atoms. The largest absolute Gasteiger partial charge is 0.493 e. The van der Waals surface area contributed by atoms with Crippen LogP contribution in [0.3, 0.4) is 0 Å². The molecule has 0 atom stereocenters. The highest BCUT2D eigenvalue weighted by atomic mass is 35.5. The van der Waals surface area contributed by atoms with Gasteiger partial charge in [-0.2, -0.15) is 0 Å². The van der Waals surface area contributed by atoms with Crippen LogP contribution in [0, 0.1) is 0 Å². The Labute approximate surface area is 157 Å². The molecule has 0 fully saturated rings. The Morgan fingerprint density at radius 2 is 1.69 bits per heavy atom. The van der Waals surface area contributed by atoms with Gasteiger partial charge in [0.25, 0.3) is 5.91 Å². The third kappa shape index (κ3) is 4.89. The van der Waals surface area contributed by atoms with Crippen LogP contribution in [0.4, 0.5) is 5.69 Å². The molecule has 2 aromatic rings. The number of carbonyl (C=O) groups excluding carboxylic acids is 2. The molecule has 0 saturated carbocycles. The first kappa shape index (κ1) is 19.6. The van der Waals surface area contributed by atoms with Crippen LogP contribution in [-0.4, -0.2) is 39.1 Å². The Bertz CT molecular complexity index is 778. The van der Waals surface area contributed by atoms with Crippen LogP contribution in [0.1, 0.15) is 17.3 Å². The number of nitrogens with zero attached hydrogens (tertiary/aromatic N) is 1. The molecule has 0 aromatic heterocycles. The van der Waals surface area contributed by atoms with Gasteiger partial charge in [0.15, 0.2) is 11.5 Å². The molecule has 0 unspecified atom stereocenters. The SMILES string of the molecule is COc1ccc(N(CCNC(=O)c2ccc(Cl)cc2)C(C)=O)cc1OC. The molecule has 2 rings (SSSR count). The van der Waals surface area contributed by atoms with Crippen molar-refractivity contribution in [3.05, 3.63) is 53.1 Å². The first-order chi connectivity index (χ1) is 12.5. The number of hydrogen-bond acceptors (Lipinski definition) is 4. The number of halogens is 1. The average Bonchev–Trinajstić information content (AvgIpc) is 2.64. The average molecular weight is 377 g/mol. The summed E-state index contributed by atoms with van der Waals surface area (Å²) in [6.45, 7) is 2.09. The standard InChI is InChI=1S/C19H21ClN2O4/c1-13(23)22(16-8-9-17(25-2)18(12-16)26-3)11-10-21-19(24)14-4-6-15(20)7-5-14/h4-9,12H,10-11H2,1-3H3,(H,21,24). The molecule has 2 amide bonds. The zero-order chi connectivity index (χ0) is 19.1. The van der Waals surface area contributed by atoms with Crippen molar-refractivity contribution in [1.29, 1.82) is 0 Å². The molecule has 0 saturated heterocycles.